The van der Waals surface area contributed by atoms with E-state index in [0.717, 1.165) is 42.9 Å². The van der Waals surface area contributed by atoms with Crippen LogP contribution in [0.2, 0.25) is 5.02 Å². The molecule has 0 unspecified atom stereocenters. The van der Waals surface area contributed by atoms with Crippen molar-refractivity contribution in [2.24, 2.45) is 0 Å². The molecule has 1 fully saturated rings. The molecule has 0 radical (unpaired) electrons. The fourth-order valence-electron chi connectivity index (χ4n) is 3.47. The van der Waals surface area contributed by atoms with Crippen LogP contribution in [0.1, 0.15) is 15.9 Å². The van der Waals surface area contributed by atoms with Gasteiger partial charge in [0.1, 0.15) is 0 Å². The predicted octanol–water partition coefficient (Wildman–Crippen LogP) is 3.78. The highest BCUT2D eigenvalue weighted by Gasteiger charge is 2.27. The SMILES string of the molecule is O=C1C(=CN2CCN(c3ccccc3)CC2)Cc2c(Cl)cccc21. The summed E-state index contributed by atoms with van der Waals surface area (Å²) in [5, 5.41) is 0.693. The van der Waals surface area contributed by atoms with Crippen LogP contribution >= 0.6 is 11.6 Å². The Morgan fingerprint density at radius 2 is 1.67 bits per heavy atom. The van der Waals surface area contributed by atoms with E-state index in [9.17, 15) is 4.79 Å². The number of fused-ring (bicyclic) bond motifs is 1. The molecule has 0 bridgehead atoms. The van der Waals surface area contributed by atoms with Gasteiger partial charge in [0, 0.05) is 60.6 Å². The highest BCUT2D eigenvalue weighted by molar-refractivity contribution is 6.32. The number of nitrogens with zero attached hydrogens (tertiary/aromatic N) is 2. The number of halogens is 1. The molecule has 2 aromatic rings. The summed E-state index contributed by atoms with van der Waals surface area (Å²) in [6.45, 7) is 3.79. The summed E-state index contributed by atoms with van der Waals surface area (Å²) in [5.41, 5.74) is 3.85. The van der Waals surface area contributed by atoms with Crippen LogP contribution in [-0.2, 0) is 6.42 Å². The van der Waals surface area contributed by atoms with E-state index in [4.69, 9.17) is 11.6 Å². The molecule has 1 aliphatic heterocycles. The number of benzene rings is 2. The van der Waals surface area contributed by atoms with Crippen molar-refractivity contribution < 1.29 is 4.79 Å². The molecule has 24 heavy (non-hydrogen) atoms. The van der Waals surface area contributed by atoms with Crippen molar-refractivity contribution in [1.29, 1.82) is 0 Å². The zero-order valence-corrected chi connectivity index (χ0v) is 14.2. The van der Waals surface area contributed by atoms with Crippen LogP contribution in [0, 0.1) is 0 Å². The number of piperazine rings is 1. The third-order valence-electron chi connectivity index (χ3n) is 4.80. The first-order valence-corrected chi connectivity index (χ1v) is 8.67. The lowest BCUT2D eigenvalue weighted by molar-refractivity contribution is 0.103. The third kappa shape index (κ3) is 2.80. The molecule has 4 rings (SSSR count). The number of rotatable bonds is 2. The Labute approximate surface area is 147 Å². The molecule has 0 spiro atoms. The Bertz CT molecular complexity index is 793. The standard InChI is InChI=1S/C20H19ClN2O/c21-19-8-4-7-17-18(19)13-15(20(17)24)14-22-9-11-23(12-10-22)16-5-2-1-3-6-16/h1-8,14H,9-13H2. The van der Waals surface area contributed by atoms with Gasteiger partial charge < -0.3 is 9.80 Å². The average molecular weight is 339 g/mol. The highest BCUT2D eigenvalue weighted by Crippen LogP contribution is 2.32. The lowest BCUT2D eigenvalue weighted by atomic mass is 10.1. The minimum atomic E-state index is 0.123. The first-order valence-electron chi connectivity index (χ1n) is 8.29. The van der Waals surface area contributed by atoms with E-state index in [2.05, 4.69) is 34.1 Å². The molecule has 1 aliphatic carbocycles. The highest BCUT2D eigenvalue weighted by atomic mass is 35.5. The molecule has 2 aliphatic rings. The Balaban J connectivity index is 1.45. The predicted molar refractivity (Wildman–Crippen MR) is 97.8 cm³/mol. The van der Waals surface area contributed by atoms with E-state index < -0.39 is 0 Å². The number of allylic oxidation sites excluding steroid dienone is 1. The van der Waals surface area contributed by atoms with E-state index in [0.29, 0.717) is 11.4 Å². The van der Waals surface area contributed by atoms with E-state index in [1.807, 2.05) is 30.5 Å². The van der Waals surface area contributed by atoms with Crippen molar-refractivity contribution in [3.63, 3.8) is 0 Å². The van der Waals surface area contributed by atoms with Crippen molar-refractivity contribution in [3.8, 4) is 0 Å². The summed E-state index contributed by atoms with van der Waals surface area (Å²) in [7, 11) is 0. The number of carbonyl (C=O) groups excluding carboxylic acids is 1. The second-order valence-electron chi connectivity index (χ2n) is 6.28. The van der Waals surface area contributed by atoms with Crippen LogP contribution in [0.5, 0.6) is 0 Å². The van der Waals surface area contributed by atoms with Gasteiger partial charge in [0.15, 0.2) is 5.78 Å². The largest absolute Gasteiger partial charge is 0.373 e. The first kappa shape index (κ1) is 15.3. The minimum Gasteiger partial charge on any atom is -0.373 e. The topological polar surface area (TPSA) is 23.6 Å². The van der Waals surface area contributed by atoms with Crippen LogP contribution in [0.4, 0.5) is 5.69 Å². The molecular weight excluding hydrogens is 320 g/mol. The Hall–Kier alpha value is -2.26. The van der Waals surface area contributed by atoms with Crippen LogP contribution in [-0.4, -0.2) is 36.9 Å². The van der Waals surface area contributed by atoms with Crippen molar-refractivity contribution in [3.05, 3.63) is 76.5 Å². The van der Waals surface area contributed by atoms with Crippen LogP contribution < -0.4 is 4.90 Å². The molecule has 1 heterocycles. The molecule has 4 heteroatoms. The smallest absolute Gasteiger partial charge is 0.191 e. The monoisotopic (exact) mass is 338 g/mol. The fourth-order valence-corrected chi connectivity index (χ4v) is 3.71. The molecule has 122 valence electrons. The molecule has 0 aromatic heterocycles. The van der Waals surface area contributed by atoms with Gasteiger partial charge in [-0.25, -0.2) is 0 Å². The lowest BCUT2D eigenvalue weighted by Crippen LogP contribution is -2.44. The fraction of sp³-hybridized carbons (Fsp3) is 0.250. The minimum absolute atomic E-state index is 0.123. The summed E-state index contributed by atoms with van der Waals surface area (Å²) < 4.78 is 0. The second-order valence-corrected chi connectivity index (χ2v) is 6.69. The zero-order chi connectivity index (χ0) is 16.5. The van der Waals surface area contributed by atoms with Gasteiger partial charge >= 0.3 is 0 Å². The summed E-state index contributed by atoms with van der Waals surface area (Å²) in [5.74, 6) is 0.123. The number of hydrogen-bond donors (Lipinski definition) is 0. The van der Waals surface area contributed by atoms with Crippen molar-refractivity contribution in [2.75, 3.05) is 31.1 Å². The normalized spacial score (nSPS) is 19.0. The van der Waals surface area contributed by atoms with E-state index >= 15 is 0 Å². The second kappa shape index (κ2) is 6.33. The van der Waals surface area contributed by atoms with Crippen molar-refractivity contribution >= 4 is 23.1 Å². The van der Waals surface area contributed by atoms with Crippen LogP contribution in [0.15, 0.2) is 60.3 Å². The Morgan fingerprint density at radius 3 is 2.38 bits per heavy atom. The van der Waals surface area contributed by atoms with Gasteiger partial charge in [-0.3, -0.25) is 4.79 Å². The molecule has 0 amide bonds. The molecule has 0 saturated carbocycles. The van der Waals surface area contributed by atoms with E-state index in [1.165, 1.54) is 5.69 Å². The number of anilines is 1. The van der Waals surface area contributed by atoms with Gasteiger partial charge in [-0.2, -0.15) is 0 Å². The van der Waals surface area contributed by atoms with Gasteiger partial charge in [0.2, 0.25) is 0 Å². The number of carbonyl (C=O) groups is 1. The zero-order valence-electron chi connectivity index (χ0n) is 13.4. The molecule has 3 nitrogen and oxygen atoms in total. The van der Waals surface area contributed by atoms with Crippen molar-refractivity contribution in [2.45, 2.75) is 6.42 Å². The molecule has 1 saturated heterocycles. The van der Waals surface area contributed by atoms with Gasteiger partial charge in [-0.15, -0.1) is 0 Å². The number of para-hydroxylation sites is 1. The molecule has 0 N–H and O–H groups in total. The summed E-state index contributed by atoms with van der Waals surface area (Å²) in [6.07, 6.45) is 2.69. The van der Waals surface area contributed by atoms with Gasteiger partial charge in [0.05, 0.1) is 0 Å². The molecular formula is C20H19ClN2O. The number of Topliss-reactive ketones (excluding diaryl/α,β-unsaturated/α-hetero) is 1. The van der Waals surface area contributed by atoms with Crippen LogP contribution in [0.3, 0.4) is 0 Å². The Morgan fingerprint density at radius 1 is 0.917 bits per heavy atom. The maximum Gasteiger partial charge on any atom is 0.191 e. The van der Waals surface area contributed by atoms with E-state index in [-0.39, 0.29) is 5.78 Å². The Kier molecular flexibility index (Phi) is 4.03. The third-order valence-corrected chi connectivity index (χ3v) is 5.15. The number of ketones is 1. The van der Waals surface area contributed by atoms with E-state index in [1.54, 1.807) is 0 Å². The summed E-state index contributed by atoms with van der Waals surface area (Å²) >= 11 is 6.23. The van der Waals surface area contributed by atoms with Gasteiger partial charge in [-0.1, -0.05) is 41.9 Å². The van der Waals surface area contributed by atoms with Gasteiger partial charge in [0.25, 0.3) is 0 Å². The molecule has 0 atom stereocenters. The molecule has 2 aromatic carbocycles. The summed E-state index contributed by atoms with van der Waals surface area (Å²) in [4.78, 5) is 17.2. The first-order chi connectivity index (χ1) is 11.7. The maximum absolute atomic E-state index is 12.5. The maximum atomic E-state index is 12.5. The van der Waals surface area contributed by atoms with Crippen LogP contribution in [0.25, 0.3) is 0 Å². The average Bonchev–Trinajstić information content (AvgIpc) is 2.94. The lowest BCUT2D eigenvalue weighted by Gasteiger charge is -2.35. The summed E-state index contributed by atoms with van der Waals surface area (Å²) in [6, 6.07) is 16.1. The quantitative estimate of drug-likeness (QED) is 0.778. The van der Waals surface area contributed by atoms with Gasteiger partial charge in [-0.05, 0) is 23.8 Å². The number of hydrogen-bond acceptors (Lipinski definition) is 3. The van der Waals surface area contributed by atoms with Crippen molar-refractivity contribution in [1.82, 2.24) is 4.90 Å².